The Balaban J connectivity index is 1.93. The summed E-state index contributed by atoms with van der Waals surface area (Å²) in [6, 6.07) is 12.3. The normalized spacial score (nSPS) is 11.5. The number of nitrogens with zero attached hydrogens (tertiary/aromatic N) is 4. The molecule has 0 spiro atoms. The average Bonchev–Trinajstić information content (AvgIpc) is 3.18. The smallest absolute Gasteiger partial charge is 0.431 e. The fourth-order valence-electron chi connectivity index (χ4n) is 3.46. The Bertz CT molecular complexity index is 1540. The van der Waals surface area contributed by atoms with Crippen molar-refractivity contribution in [2.45, 2.75) is 13.1 Å². The third-order valence-corrected chi connectivity index (χ3v) is 5.83. The Hall–Kier alpha value is -3.91. The summed E-state index contributed by atoms with van der Waals surface area (Å²) in [6.45, 7) is 1.71. The van der Waals surface area contributed by atoms with E-state index in [1.165, 1.54) is 23.7 Å². The molecule has 2 heterocycles. The number of ether oxygens (including phenoxy) is 1. The van der Waals surface area contributed by atoms with E-state index in [9.17, 15) is 22.8 Å². The zero-order valence-electron chi connectivity index (χ0n) is 17.3. The van der Waals surface area contributed by atoms with E-state index in [-0.39, 0.29) is 12.3 Å². The van der Waals surface area contributed by atoms with Gasteiger partial charge in [0.1, 0.15) is 17.5 Å². The maximum atomic E-state index is 13.2. The van der Waals surface area contributed by atoms with Crippen molar-refractivity contribution in [3.63, 3.8) is 0 Å². The number of nitriles is 1. The number of hydrogen-bond donors (Lipinski definition) is 0. The van der Waals surface area contributed by atoms with Gasteiger partial charge in [-0.15, -0.1) is 0 Å². The highest BCUT2D eigenvalue weighted by molar-refractivity contribution is 7.13. The Morgan fingerprint density at radius 2 is 1.91 bits per heavy atom. The van der Waals surface area contributed by atoms with Gasteiger partial charge in [0.15, 0.2) is 6.61 Å². The molecule has 4 aromatic rings. The molecule has 0 radical (unpaired) electrons. The second-order valence-corrected chi connectivity index (χ2v) is 8.01. The minimum absolute atomic E-state index is 0.107. The average molecular weight is 472 g/mol. The van der Waals surface area contributed by atoms with Crippen LogP contribution >= 0.6 is 11.5 Å². The first kappa shape index (κ1) is 22.3. The maximum Gasteiger partial charge on any atom is 0.431 e. The molecule has 0 aliphatic heterocycles. The molecule has 0 amide bonds. The molecule has 4 rings (SSSR count). The van der Waals surface area contributed by atoms with E-state index in [0.29, 0.717) is 37.6 Å². The summed E-state index contributed by atoms with van der Waals surface area (Å²) in [5.74, 6) is 0.433. The predicted octanol–water partition coefficient (Wildman–Crippen LogP) is 4.04. The van der Waals surface area contributed by atoms with Crippen LogP contribution in [0.3, 0.4) is 0 Å². The summed E-state index contributed by atoms with van der Waals surface area (Å²) in [4.78, 5) is 25.2. The van der Waals surface area contributed by atoms with Gasteiger partial charge in [-0.1, -0.05) is 11.6 Å². The third kappa shape index (κ3) is 4.01. The molecule has 2 aromatic heterocycles. The Morgan fingerprint density at radius 3 is 2.61 bits per heavy atom. The van der Waals surface area contributed by atoms with Gasteiger partial charge in [0, 0.05) is 24.1 Å². The van der Waals surface area contributed by atoms with Crippen LogP contribution in [-0.2, 0) is 13.2 Å². The van der Waals surface area contributed by atoms with Gasteiger partial charge >= 0.3 is 11.9 Å². The van der Waals surface area contributed by atoms with Crippen LogP contribution in [-0.4, -0.2) is 20.1 Å². The first-order valence-electron chi connectivity index (χ1n) is 9.52. The minimum atomic E-state index is -4.84. The largest absolute Gasteiger partial charge is 0.478 e. The van der Waals surface area contributed by atoms with Crippen LogP contribution in [0.4, 0.5) is 13.2 Å². The van der Waals surface area contributed by atoms with Crippen molar-refractivity contribution in [1.29, 1.82) is 5.26 Å². The zero-order chi connectivity index (χ0) is 23.9. The Kier molecular flexibility index (Phi) is 5.55. The molecule has 0 atom stereocenters. The second-order valence-electron chi connectivity index (χ2n) is 7.20. The fourth-order valence-corrected chi connectivity index (χ4v) is 4.23. The van der Waals surface area contributed by atoms with Crippen molar-refractivity contribution in [3.05, 3.63) is 74.6 Å². The van der Waals surface area contributed by atoms with Crippen molar-refractivity contribution in [2.75, 3.05) is 6.61 Å². The van der Waals surface area contributed by atoms with Gasteiger partial charge in [-0.2, -0.15) is 22.8 Å². The van der Waals surface area contributed by atoms with E-state index >= 15 is 0 Å². The number of alkyl halides is 3. The van der Waals surface area contributed by atoms with Crippen molar-refractivity contribution >= 4 is 21.6 Å². The van der Waals surface area contributed by atoms with E-state index in [2.05, 4.69) is 4.37 Å². The lowest BCUT2D eigenvalue weighted by molar-refractivity contribution is -0.144. The van der Waals surface area contributed by atoms with Crippen molar-refractivity contribution in [3.8, 4) is 28.8 Å². The van der Waals surface area contributed by atoms with Crippen LogP contribution in [0.5, 0.6) is 5.75 Å². The highest BCUT2D eigenvalue weighted by atomic mass is 32.1. The molecule has 2 aromatic carbocycles. The number of halogens is 3. The summed E-state index contributed by atoms with van der Waals surface area (Å²) in [6.07, 6.45) is -4.84. The number of benzene rings is 2. The number of fused-ring (bicyclic) bond motifs is 1. The van der Waals surface area contributed by atoms with Gasteiger partial charge in [-0.3, -0.25) is 9.36 Å². The molecule has 0 fully saturated rings. The summed E-state index contributed by atoms with van der Waals surface area (Å²) in [5.41, 5.74) is -1.40. The molecule has 0 saturated heterocycles. The summed E-state index contributed by atoms with van der Waals surface area (Å²) in [5, 5.41) is 9.44. The molecule has 7 nitrogen and oxygen atoms in total. The van der Waals surface area contributed by atoms with Gasteiger partial charge < -0.3 is 4.74 Å². The van der Waals surface area contributed by atoms with E-state index in [0.717, 1.165) is 17.3 Å². The van der Waals surface area contributed by atoms with Crippen LogP contribution in [0.1, 0.15) is 11.3 Å². The molecule has 0 N–H and O–H groups in total. The van der Waals surface area contributed by atoms with Crippen LogP contribution in [0.15, 0.2) is 52.1 Å². The van der Waals surface area contributed by atoms with Crippen molar-refractivity contribution in [2.24, 2.45) is 7.05 Å². The van der Waals surface area contributed by atoms with Crippen LogP contribution < -0.4 is 16.0 Å². The molecule has 0 aliphatic rings. The molecular weight excluding hydrogens is 457 g/mol. The number of aryl methyl sites for hydroxylation is 1. The molecule has 33 heavy (non-hydrogen) atoms. The van der Waals surface area contributed by atoms with Crippen LogP contribution in [0, 0.1) is 18.3 Å². The highest BCUT2D eigenvalue weighted by Crippen LogP contribution is 2.37. The first-order valence-corrected chi connectivity index (χ1v) is 10.3. The quantitative estimate of drug-likeness (QED) is 0.447. The molecule has 0 unspecified atom stereocenters. The first-order chi connectivity index (χ1) is 15.6. The van der Waals surface area contributed by atoms with Crippen LogP contribution in [0.2, 0.25) is 0 Å². The second kappa shape index (κ2) is 8.22. The van der Waals surface area contributed by atoms with E-state index in [4.69, 9.17) is 10.00 Å². The Labute approximate surface area is 188 Å². The topological polar surface area (TPSA) is 89.9 Å². The lowest BCUT2D eigenvalue weighted by Crippen LogP contribution is -2.40. The standard InChI is InChI=1S/C22H15F3N4O3S/c1-12-3-5-16(32-8-7-26)14(9-12)20-15-10-13(4-6-17(15)33-27-20)29-19(30)11-18(22(23,24)25)28(2)21(29)31/h3-6,9-11H,8H2,1-2H3. The summed E-state index contributed by atoms with van der Waals surface area (Å²) in [7, 11) is 0.961. The lowest BCUT2D eigenvalue weighted by Gasteiger charge is -2.14. The SMILES string of the molecule is Cc1ccc(OCC#N)c(-c2nsc3ccc(-n4c(=O)cc(C(F)(F)F)n(C)c4=O)cc23)c1. The van der Waals surface area contributed by atoms with Crippen molar-refractivity contribution in [1.82, 2.24) is 13.5 Å². The molecular formula is C22H15F3N4O3S. The number of rotatable bonds is 4. The van der Waals surface area contributed by atoms with E-state index < -0.39 is 23.1 Å². The maximum absolute atomic E-state index is 13.2. The van der Waals surface area contributed by atoms with Crippen LogP contribution in [0.25, 0.3) is 27.0 Å². The monoisotopic (exact) mass is 472 g/mol. The Morgan fingerprint density at radius 1 is 1.15 bits per heavy atom. The molecule has 0 saturated carbocycles. The molecule has 168 valence electrons. The fraction of sp³-hybridized carbons (Fsp3) is 0.182. The van der Waals surface area contributed by atoms with Gasteiger partial charge in [0.2, 0.25) is 0 Å². The van der Waals surface area contributed by atoms with E-state index in [1.807, 2.05) is 25.1 Å². The highest BCUT2D eigenvalue weighted by Gasteiger charge is 2.35. The van der Waals surface area contributed by atoms with Crippen molar-refractivity contribution < 1.29 is 17.9 Å². The van der Waals surface area contributed by atoms with Gasteiger partial charge in [-0.25, -0.2) is 9.36 Å². The third-order valence-electron chi connectivity index (χ3n) is 5.00. The predicted molar refractivity (Wildman–Crippen MR) is 117 cm³/mol. The van der Waals surface area contributed by atoms with Gasteiger partial charge in [0.25, 0.3) is 5.56 Å². The van der Waals surface area contributed by atoms with Gasteiger partial charge in [-0.05, 0) is 48.8 Å². The number of hydrogen-bond acceptors (Lipinski definition) is 6. The molecule has 0 bridgehead atoms. The molecule has 11 heteroatoms. The zero-order valence-corrected chi connectivity index (χ0v) is 18.1. The lowest BCUT2D eigenvalue weighted by atomic mass is 10.0. The number of aromatic nitrogens is 3. The summed E-state index contributed by atoms with van der Waals surface area (Å²) >= 11 is 1.18. The van der Waals surface area contributed by atoms with Gasteiger partial charge in [0.05, 0.1) is 16.1 Å². The van der Waals surface area contributed by atoms with E-state index in [1.54, 1.807) is 12.1 Å². The minimum Gasteiger partial charge on any atom is -0.478 e. The molecule has 0 aliphatic carbocycles. The summed E-state index contributed by atoms with van der Waals surface area (Å²) < 4.78 is 51.3.